The lowest BCUT2D eigenvalue weighted by Crippen LogP contribution is -2.25. The second kappa shape index (κ2) is 9.00. The molecule has 2 aliphatic carbocycles. The van der Waals surface area contributed by atoms with E-state index in [1.165, 1.54) is 17.8 Å². The quantitative estimate of drug-likeness (QED) is 0.676. The fourth-order valence-electron chi connectivity index (χ4n) is 4.32. The van der Waals surface area contributed by atoms with E-state index in [4.69, 9.17) is 10.5 Å². The Morgan fingerprint density at radius 3 is 2.67 bits per heavy atom. The number of esters is 1. The van der Waals surface area contributed by atoms with Crippen LogP contribution < -0.4 is 11.1 Å². The molecule has 158 valence electrons. The molecule has 1 saturated carbocycles. The van der Waals surface area contributed by atoms with Crippen LogP contribution in [0.4, 0.5) is 5.00 Å². The maximum Gasteiger partial charge on any atom is 0.341 e. The standard InChI is InChI=1S/C23H26N2O4S/c24-20(26)16-9-4-6-14(12-16)13-29-23(28)19-17-10-5-11-18(17)30-22(19)25-21(27)15-7-2-1-3-8-15/h4,6,9,12,15H,1-3,5,7-8,10-11,13H2,(H2,24,26)(H,25,27). The van der Waals surface area contributed by atoms with Gasteiger partial charge in [-0.15, -0.1) is 11.3 Å². The van der Waals surface area contributed by atoms with Crippen molar-refractivity contribution in [3.05, 3.63) is 51.4 Å². The summed E-state index contributed by atoms with van der Waals surface area (Å²) in [4.78, 5) is 38.3. The van der Waals surface area contributed by atoms with Crippen molar-refractivity contribution in [2.24, 2.45) is 11.7 Å². The number of amides is 2. The van der Waals surface area contributed by atoms with E-state index in [9.17, 15) is 14.4 Å². The van der Waals surface area contributed by atoms with Crippen molar-refractivity contribution in [2.75, 3.05) is 5.32 Å². The zero-order chi connectivity index (χ0) is 21.1. The molecule has 0 aliphatic heterocycles. The number of anilines is 1. The summed E-state index contributed by atoms with van der Waals surface area (Å²) in [7, 11) is 0. The molecule has 1 aromatic carbocycles. The first kappa shape index (κ1) is 20.6. The lowest BCUT2D eigenvalue weighted by atomic mass is 9.89. The SMILES string of the molecule is NC(=O)c1cccc(COC(=O)c2c(NC(=O)C3CCCCC3)sc3c2CCC3)c1. The number of carbonyl (C=O) groups excluding carboxylic acids is 3. The molecule has 30 heavy (non-hydrogen) atoms. The fourth-order valence-corrected chi connectivity index (χ4v) is 5.60. The number of hydrogen-bond donors (Lipinski definition) is 2. The van der Waals surface area contributed by atoms with E-state index in [1.807, 2.05) is 0 Å². The Hall–Kier alpha value is -2.67. The highest BCUT2D eigenvalue weighted by Gasteiger charge is 2.30. The monoisotopic (exact) mass is 426 g/mol. The average molecular weight is 427 g/mol. The Morgan fingerprint density at radius 2 is 1.90 bits per heavy atom. The van der Waals surface area contributed by atoms with Gasteiger partial charge in [-0.2, -0.15) is 0 Å². The molecule has 4 rings (SSSR count). The van der Waals surface area contributed by atoms with Gasteiger partial charge < -0.3 is 15.8 Å². The summed E-state index contributed by atoms with van der Waals surface area (Å²) in [6.45, 7) is 0.0422. The molecule has 1 heterocycles. The first-order valence-electron chi connectivity index (χ1n) is 10.5. The van der Waals surface area contributed by atoms with E-state index >= 15 is 0 Å². The smallest absolute Gasteiger partial charge is 0.341 e. The number of hydrogen-bond acceptors (Lipinski definition) is 5. The zero-order valence-electron chi connectivity index (χ0n) is 16.9. The topological polar surface area (TPSA) is 98.5 Å². The van der Waals surface area contributed by atoms with Crippen molar-refractivity contribution in [1.82, 2.24) is 0 Å². The summed E-state index contributed by atoms with van der Waals surface area (Å²) in [6.07, 6.45) is 7.94. The molecular formula is C23H26N2O4S. The van der Waals surface area contributed by atoms with E-state index in [1.54, 1.807) is 24.3 Å². The van der Waals surface area contributed by atoms with Crippen LogP contribution in [0, 0.1) is 5.92 Å². The van der Waals surface area contributed by atoms with Gasteiger partial charge in [0.05, 0.1) is 5.56 Å². The second-order valence-corrected chi connectivity index (χ2v) is 9.13. The maximum atomic E-state index is 13.0. The first-order chi connectivity index (χ1) is 14.5. The predicted octanol–water partition coefficient (Wildman–Crippen LogP) is 4.21. The molecule has 2 aliphatic rings. The molecule has 3 N–H and O–H groups in total. The van der Waals surface area contributed by atoms with Gasteiger partial charge in [-0.3, -0.25) is 9.59 Å². The maximum absolute atomic E-state index is 13.0. The van der Waals surface area contributed by atoms with Gasteiger partial charge in [-0.25, -0.2) is 4.79 Å². The number of aryl methyl sites for hydroxylation is 1. The number of benzene rings is 1. The van der Waals surface area contributed by atoms with Crippen molar-refractivity contribution in [2.45, 2.75) is 58.0 Å². The summed E-state index contributed by atoms with van der Waals surface area (Å²) in [5.74, 6) is -0.918. The molecule has 7 heteroatoms. The molecule has 2 aromatic rings. The minimum atomic E-state index is -0.522. The summed E-state index contributed by atoms with van der Waals surface area (Å²) < 4.78 is 5.56. The van der Waals surface area contributed by atoms with Crippen LogP contribution in [0.25, 0.3) is 0 Å². The van der Waals surface area contributed by atoms with Crippen molar-refractivity contribution >= 4 is 34.1 Å². The second-order valence-electron chi connectivity index (χ2n) is 8.03. The highest BCUT2D eigenvalue weighted by atomic mass is 32.1. The van der Waals surface area contributed by atoms with Crippen molar-refractivity contribution in [3.8, 4) is 0 Å². The highest BCUT2D eigenvalue weighted by molar-refractivity contribution is 7.17. The average Bonchev–Trinajstić information content (AvgIpc) is 3.33. The summed E-state index contributed by atoms with van der Waals surface area (Å²) in [5.41, 5.74) is 7.90. The van der Waals surface area contributed by atoms with Gasteiger partial charge in [0.25, 0.3) is 0 Å². The van der Waals surface area contributed by atoms with E-state index in [0.29, 0.717) is 21.7 Å². The van der Waals surface area contributed by atoms with Crippen molar-refractivity contribution in [1.29, 1.82) is 0 Å². The summed E-state index contributed by atoms with van der Waals surface area (Å²) in [6, 6.07) is 6.74. The van der Waals surface area contributed by atoms with Gasteiger partial charge in [-0.1, -0.05) is 31.4 Å². The van der Waals surface area contributed by atoms with Gasteiger partial charge in [0, 0.05) is 16.4 Å². The highest BCUT2D eigenvalue weighted by Crippen LogP contribution is 2.40. The van der Waals surface area contributed by atoms with E-state index < -0.39 is 11.9 Å². The zero-order valence-corrected chi connectivity index (χ0v) is 17.7. The van der Waals surface area contributed by atoms with Crippen LogP contribution >= 0.6 is 11.3 Å². The van der Waals surface area contributed by atoms with Crippen LogP contribution in [-0.4, -0.2) is 17.8 Å². The number of nitrogens with one attached hydrogen (secondary N) is 1. The Kier molecular flexibility index (Phi) is 6.18. The Bertz CT molecular complexity index is 976. The van der Waals surface area contributed by atoms with Crippen LogP contribution in [0.3, 0.4) is 0 Å². The molecule has 0 radical (unpaired) electrons. The lowest BCUT2D eigenvalue weighted by Gasteiger charge is -2.20. The van der Waals surface area contributed by atoms with Gasteiger partial charge in [0.2, 0.25) is 11.8 Å². The predicted molar refractivity (Wildman–Crippen MR) is 116 cm³/mol. The van der Waals surface area contributed by atoms with Crippen LogP contribution in [0.15, 0.2) is 24.3 Å². The number of ether oxygens (including phenoxy) is 1. The Morgan fingerprint density at radius 1 is 1.10 bits per heavy atom. The molecule has 0 saturated heterocycles. The molecule has 1 fully saturated rings. The lowest BCUT2D eigenvalue weighted by molar-refractivity contribution is -0.120. The van der Waals surface area contributed by atoms with E-state index in [2.05, 4.69) is 5.32 Å². The van der Waals surface area contributed by atoms with Crippen LogP contribution in [0.1, 0.15) is 75.2 Å². The van der Waals surface area contributed by atoms with Crippen LogP contribution in [-0.2, 0) is 29.0 Å². The normalized spacial score (nSPS) is 16.1. The number of primary amides is 1. The Balaban J connectivity index is 1.49. The van der Waals surface area contributed by atoms with Gasteiger partial charge >= 0.3 is 5.97 Å². The molecule has 0 atom stereocenters. The summed E-state index contributed by atoms with van der Waals surface area (Å²) in [5, 5.41) is 3.65. The minimum absolute atomic E-state index is 0.0119. The van der Waals surface area contributed by atoms with Gasteiger partial charge in [0.15, 0.2) is 0 Å². The van der Waals surface area contributed by atoms with E-state index in [-0.39, 0.29) is 18.4 Å². The van der Waals surface area contributed by atoms with Crippen LogP contribution in [0.5, 0.6) is 0 Å². The minimum Gasteiger partial charge on any atom is -0.457 e. The van der Waals surface area contributed by atoms with E-state index in [0.717, 1.165) is 55.4 Å². The summed E-state index contributed by atoms with van der Waals surface area (Å²) >= 11 is 1.50. The van der Waals surface area contributed by atoms with Crippen molar-refractivity contribution < 1.29 is 19.1 Å². The molecule has 0 unspecified atom stereocenters. The molecule has 0 bridgehead atoms. The largest absolute Gasteiger partial charge is 0.457 e. The number of rotatable bonds is 6. The Labute approximate surface area is 179 Å². The third-order valence-corrected chi connectivity index (χ3v) is 7.13. The fraction of sp³-hybridized carbons (Fsp3) is 0.435. The number of nitrogens with two attached hydrogens (primary N) is 1. The third kappa shape index (κ3) is 4.41. The third-order valence-electron chi connectivity index (χ3n) is 5.92. The molecule has 2 amide bonds. The number of thiophene rings is 1. The molecule has 0 spiro atoms. The van der Waals surface area contributed by atoms with Gasteiger partial charge in [-0.05, 0) is 55.4 Å². The van der Waals surface area contributed by atoms with Gasteiger partial charge in [0.1, 0.15) is 11.6 Å². The molecule has 1 aromatic heterocycles. The molecular weight excluding hydrogens is 400 g/mol. The number of fused-ring (bicyclic) bond motifs is 1. The number of carbonyl (C=O) groups is 3. The van der Waals surface area contributed by atoms with Crippen LogP contribution in [0.2, 0.25) is 0 Å². The first-order valence-corrected chi connectivity index (χ1v) is 11.4. The van der Waals surface area contributed by atoms with Crippen molar-refractivity contribution in [3.63, 3.8) is 0 Å². The molecule has 6 nitrogen and oxygen atoms in total.